The molecule has 4 heteroatoms. The summed E-state index contributed by atoms with van der Waals surface area (Å²) in [6.45, 7) is 3.93. The molecule has 2 heterocycles. The zero-order valence-electron chi connectivity index (χ0n) is 7.73. The molecule has 1 atom stereocenters. The van der Waals surface area contributed by atoms with Crippen LogP contribution in [-0.4, -0.2) is 14.4 Å². The monoisotopic (exact) mass is 176 g/mol. The van der Waals surface area contributed by atoms with Crippen LogP contribution in [0.4, 0.5) is 0 Å². The fraction of sp³-hybridized carbons (Fsp3) is 0.333. The van der Waals surface area contributed by atoms with Gasteiger partial charge < -0.3 is 5.73 Å². The van der Waals surface area contributed by atoms with E-state index in [-0.39, 0.29) is 6.04 Å². The van der Waals surface area contributed by atoms with Crippen molar-refractivity contribution in [2.24, 2.45) is 5.73 Å². The summed E-state index contributed by atoms with van der Waals surface area (Å²) in [5.41, 5.74) is 7.88. The molecule has 0 fully saturated rings. The first kappa shape index (κ1) is 8.19. The van der Waals surface area contributed by atoms with Crippen molar-refractivity contribution in [2.45, 2.75) is 19.9 Å². The van der Waals surface area contributed by atoms with Gasteiger partial charge in [-0.1, -0.05) is 0 Å². The van der Waals surface area contributed by atoms with Crippen molar-refractivity contribution in [3.05, 3.63) is 29.8 Å². The van der Waals surface area contributed by atoms with Crippen LogP contribution >= 0.6 is 0 Å². The molecule has 0 aliphatic rings. The fourth-order valence-electron chi connectivity index (χ4n) is 1.33. The third kappa shape index (κ3) is 1.29. The van der Waals surface area contributed by atoms with Gasteiger partial charge in [0.15, 0.2) is 0 Å². The van der Waals surface area contributed by atoms with Crippen LogP contribution in [0.15, 0.2) is 18.6 Å². The van der Waals surface area contributed by atoms with Gasteiger partial charge in [-0.3, -0.25) is 4.40 Å². The minimum atomic E-state index is -0.0152. The number of nitrogens with zero attached hydrogens (tertiary/aromatic N) is 3. The van der Waals surface area contributed by atoms with Gasteiger partial charge in [0.05, 0.1) is 11.9 Å². The van der Waals surface area contributed by atoms with E-state index in [0.717, 1.165) is 11.3 Å². The minimum absolute atomic E-state index is 0.0152. The largest absolute Gasteiger partial charge is 0.323 e. The van der Waals surface area contributed by atoms with E-state index in [1.807, 2.05) is 24.4 Å². The predicted molar refractivity (Wildman–Crippen MR) is 50.3 cm³/mol. The van der Waals surface area contributed by atoms with Gasteiger partial charge >= 0.3 is 0 Å². The molecule has 0 saturated heterocycles. The Morgan fingerprint density at radius 3 is 2.77 bits per heavy atom. The van der Waals surface area contributed by atoms with Crippen LogP contribution in [0.5, 0.6) is 0 Å². The lowest BCUT2D eigenvalue weighted by atomic mass is 10.3. The number of nitrogens with two attached hydrogens (primary N) is 1. The topological polar surface area (TPSA) is 56.2 Å². The van der Waals surface area contributed by atoms with Crippen LogP contribution in [0.25, 0.3) is 5.78 Å². The highest BCUT2D eigenvalue weighted by molar-refractivity contribution is 5.32. The van der Waals surface area contributed by atoms with Crippen LogP contribution in [-0.2, 0) is 0 Å². The van der Waals surface area contributed by atoms with Crippen LogP contribution in [0, 0.1) is 6.92 Å². The van der Waals surface area contributed by atoms with E-state index in [0.29, 0.717) is 5.78 Å². The number of fused-ring (bicyclic) bond motifs is 1. The molecule has 2 aromatic heterocycles. The molecule has 0 aromatic carbocycles. The minimum Gasteiger partial charge on any atom is -0.323 e. The lowest BCUT2D eigenvalue weighted by Crippen LogP contribution is -2.08. The number of hydrogen-bond donors (Lipinski definition) is 1. The van der Waals surface area contributed by atoms with Crippen molar-refractivity contribution < 1.29 is 0 Å². The zero-order valence-corrected chi connectivity index (χ0v) is 7.73. The van der Waals surface area contributed by atoms with Crippen molar-refractivity contribution >= 4 is 5.78 Å². The van der Waals surface area contributed by atoms with Crippen molar-refractivity contribution in [3.8, 4) is 0 Å². The molecule has 0 radical (unpaired) electrons. The Morgan fingerprint density at radius 2 is 2.08 bits per heavy atom. The Morgan fingerprint density at radius 1 is 1.38 bits per heavy atom. The molecular formula is C9H12N4. The van der Waals surface area contributed by atoms with Crippen molar-refractivity contribution in [2.75, 3.05) is 0 Å². The fourth-order valence-corrected chi connectivity index (χ4v) is 1.33. The normalized spacial score (nSPS) is 13.5. The van der Waals surface area contributed by atoms with Crippen LogP contribution in [0.2, 0.25) is 0 Å². The Labute approximate surface area is 76.4 Å². The molecule has 1 unspecified atom stereocenters. The summed E-state index contributed by atoms with van der Waals surface area (Å²) < 4.78 is 1.93. The van der Waals surface area contributed by atoms with E-state index in [9.17, 15) is 0 Å². The number of aromatic nitrogens is 3. The highest BCUT2D eigenvalue weighted by atomic mass is 15.1. The van der Waals surface area contributed by atoms with Crippen molar-refractivity contribution in [3.63, 3.8) is 0 Å². The van der Waals surface area contributed by atoms with Gasteiger partial charge in [0.2, 0.25) is 5.78 Å². The van der Waals surface area contributed by atoms with Gasteiger partial charge in [0.1, 0.15) is 0 Å². The average Bonchev–Trinajstić information content (AvgIpc) is 2.46. The van der Waals surface area contributed by atoms with E-state index in [1.54, 1.807) is 12.4 Å². The quantitative estimate of drug-likeness (QED) is 0.706. The summed E-state index contributed by atoms with van der Waals surface area (Å²) in [6.07, 6.45) is 5.56. The van der Waals surface area contributed by atoms with Gasteiger partial charge in [-0.05, 0) is 19.4 Å². The number of aryl methyl sites for hydroxylation is 1. The SMILES string of the molecule is Cc1cnc2ncc(C(C)N)n2c1. The van der Waals surface area contributed by atoms with Crippen LogP contribution in [0.1, 0.15) is 24.2 Å². The van der Waals surface area contributed by atoms with Crippen molar-refractivity contribution in [1.82, 2.24) is 14.4 Å². The summed E-state index contributed by atoms with van der Waals surface area (Å²) in [7, 11) is 0. The summed E-state index contributed by atoms with van der Waals surface area (Å²) in [6, 6.07) is -0.0152. The molecule has 68 valence electrons. The highest BCUT2D eigenvalue weighted by Crippen LogP contribution is 2.11. The standard InChI is InChI=1S/C9H12N4/c1-6-3-11-9-12-4-8(7(2)10)13(9)5-6/h3-5,7H,10H2,1-2H3. The summed E-state index contributed by atoms with van der Waals surface area (Å²) >= 11 is 0. The Balaban J connectivity index is 2.71. The zero-order chi connectivity index (χ0) is 9.42. The molecule has 0 amide bonds. The first-order valence-electron chi connectivity index (χ1n) is 4.23. The third-order valence-electron chi connectivity index (χ3n) is 1.99. The van der Waals surface area contributed by atoms with Crippen molar-refractivity contribution in [1.29, 1.82) is 0 Å². The Kier molecular flexibility index (Phi) is 1.77. The lowest BCUT2D eigenvalue weighted by Gasteiger charge is -2.04. The smallest absolute Gasteiger partial charge is 0.233 e. The number of imidazole rings is 1. The molecule has 0 bridgehead atoms. The van der Waals surface area contributed by atoms with Gasteiger partial charge in [-0.25, -0.2) is 9.97 Å². The maximum Gasteiger partial charge on any atom is 0.233 e. The van der Waals surface area contributed by atoms with Gasteiger partial charge in [0, 0.05) is 18.4 Å². The van der Waals surface area contributed by atoms with E-state index in [1.165, 1.54) is 0 Å². The molecular weight excluding hydrogens is 164 g/mol. The molecule has 0 aliphatic carbocycles. The third-order valence-corrected chi connectivity index (χ3v) is 1.99. The second-order valence-corrected chi connectivity index (χ2v) is 3.27. The first-order chi connectivity index (χ1) is 6.18. The molecule has 0 saturated carbocycles. The Bertz CT molecular complexity index is 430. The van der Waals surface area contributed by atoms with Gasteiger partial charge in [-0.2, -0.15) is 0 Å². The predicted octanol–water partition coefficient (Wildman–Crippen LogP) is 1.06. The number of rotatable bonds is 1. The lowest BCUT2D eigenvalue weighted by molar-refractivity contribution is 0.766. The summed E-state index contributed by atoms with van der Waals surface area (Å²) in [4.78, 5) is 8.33. The second kappa shape index (κ2) is 2.81. The van der Waals surface area contributed by atoms with E-state index >= 15 is 0 Å². The molecule has 13 heavy (non-hydrogen) atoms. The molecule has 0 spiro atoms. The molecule has 2 N–H and O–H groups in total. The maximum absolute atomic E-state index is 5.79. The second-order valence-electron chi connectivity index (χ2n) is 3.27. The number of hydrogen-bond acceptors (Lipinski definition) is 3. The van der Waals surface area contributed by atoms with Gasteiger partial charge in [-0.15, -0.1) is 0 Å². The molecule has 2 aromatic rings. The summed E-state index contributed by atoms with van der Waals surface area (Å²) in [5.74, 6) is 0.706. The average molecular weight is 176 g/mol. The van der Waals surface area contributed by atoms with Crippen LogP contribution < -0.4 is 5.73 Å². The van der Waals surface area contributed by atoms with E-state index < -0.39 is 0 Å². The first-order valence-corrected chi connectivity index (χ1v) is 4.23. The molecule has 0 aliphatic heterocycles. The Hall–Kier alpha value is -1.42. The van der Waals surface area contributed by atoms with Gasteiger partial charge in [0.25, 0.3) is 0 Å². The molecule has 4 nitrogen and oxygen atoms in total. The molecule has 2 rings (SSSR count). The van der Waals surface area contributed by atoms with E-state index in [4.69, 9.17) is 5.73 Å². The van der Waals surface area contributed by atoms with E-state index in [2.05, 4.69) is 9.97 Å². The highest BCUT2D eigenvalue weighted by Gasteiger charge is 2.07. The summed E-state index contributed by atoms with van der Waals surface area (Å²) in [5, 5.41) is 0. The van der Waals surface area contributed by atoms with Crippen LogP contribution in [0.3, 0.4) is 0 Å². The maximum atomic E-state index is 5.79.